The van der Waals surface area contributed by atoms with E-state index in [2.05, 4.69) is 34.6 Å². The van der Waals surface area contributed by atoms with Gasteiger partial charge >= 0.3 is 0 Å². The fourth-order valence-electron chi connectivity index (χ4n) is 1.61. The van der Waals surface area contributed by atoms with Gasteiger partial charge < -0.3 is 19.7 Å². The van der Waals surface area contributed by atoms with Crippen molar-refractivity contribution in [2.45, 2.75) is 105 Å². The van der Waals surface area contributed by atoms with E-state index in [1.165, 1.54) is 18.1 Å². The molecule has 0 aromatic rings. The molecule has 2 heterocycles. The third-order valence-electron chi connectivity index (χ3n) is 4.20. The molecule has 5 heteroatoms. The second-order valence-electron chi connectivity index (χ2n) is 7.01. The van der Waals surface area contributed by atoms with E-state index in [-0.39, 0.29) is 38.5 Å². The molecular formula is C18H36O4Y. The van der Waals surface area contributed by atoms with Crippen molar-refractivity contribution in [1.82, 2.24) is 0 Å². The average Bonchev–Trinajstić information content (AvgIpc) is 2.38. The van der Waals surface area contributed by atoms with Crippen LogP contribution in [0.15, 0.2) is 11.1 Å². The van der Waals surface area contributed by atoms with Crippen molar-refractivity contribution >= 4 is 0 Å². The first-order valence-electron chi connectivity index (χ1n) is 8.33. The summed E-state index contributed by atoms with van der Waals surface area (Å²) in [5.41, 5.74) is 2.85. The van der Waals surface area contributed by atoms with Crippen LogP contribution < -0.4 is 0 Å². The molecule has 3 aliphatic rings. The van der Waals surface area contributed by atoms with Crippen molar-refractivity contribution in [1.29, 1.82) is 0 Å². The van der Waals surface area contributed by atoms with Crippen LogP contribution in [0.5, 0.6) is 0 Å². The average molecular weight is 405 g/mol. The van der Waals surface area contributed by atoms with E-state index in [0.29, 0.717) is 18.6 Å². The smallest absolute Gasteiger partial charge is 0.165 e. The molecule has 135 valence electrons. The Kier molecular flexibility index (Phi) is 12.8. The SMILES string of the molecule is CC(C)=C(C)C.CCC(C)(O)O.CCC1(C)OC2CC(C2)O1.[Y]. The summed E-state index contributed by atoms with van der Waals surface area (Å²) in [5, 5.41) is 16.8. The topological polar surface area (TPSA) is 58.9 Å². The quantitative estimate of drug-likeness (QED) is 0.535. The van der Waals surface area contributed by atoms with Crippen LogP contribution in [0.1, 0.15) is 81.1 Å². The third kappa shape index (κ3) is 11.8. The predicted octanol–water partition coefficient (Wildman–Crippen LogP) is 4.15. The van der Waals surface area contributed by atoms with E-state index in [1.54, 1.807) is 6.92 Å². The summed E-state index contributed by atoms with van der Waals surface area (Å²) in [6.45, 7) is 15.7. The summed E-state index contributed by atoms with van der Waals surface area (Å²) in [6.07, 6.45) is 4.59. The minimum atomic E-state index is -1.46. The Morgan fingerprint density at radius 1 is 1.00 bits per heavy atom. The Balaban J connectivity index is 0. The van der Waals surface area contributed by atoms with Crippen molar-refractivity contribution < 1.29 is 52.4 Å². The molecule has 3 rings (SSSR count). The molecule has 4 nitrogen and oxygen atoms in total. The monoisotopic (exact) mass is 405 g/mol. The fourth-order valence-corrected chi connectivity index (χ4v) is 1.61. The van der Waals surface area contributed by atoms with Gasteiger partial charge in [0.15, 0.2) is 11.6 Å². The number of rotatable bonds is 2. The van der Waals surface area contributed by atoms with E-state index < -0.39 is 5.79 Å². The Labute approximate surface area is 167 Å². The van der Waals surface area contributed by atoms with Gasteiger partial charge in [0.05, 0.1) is 12.2 Å². The standard InChI is InChI=1S/C8H14O2.C6H12.C4H10O2.Y/c1-3-8(2)9-6-4-7(5-6)10-8;1-5(2)6(3)4;1-3-4(2,5)6;/h6-7H,3-5H2,1-2H3;1-4H3;5-6H,3H2,1-2H3;. The van der Waals surface area contributed by atoms with E-state index >= 15 is 0 Å². The maximum Gasteiger partial charge on any atom is 0.165 e. The van der Waals surface area contributed by atoms with Crippen molar-refractivity contribution in [2.24, 2.45) is 0 Å². The molecule has 1 radical (unpaired) electrons. The molecule has 0 aromatic heterocycles. The maximum atomic E-state index is 8.38. The van der Waals surface area contributed by atoms with Gasteiger partial charge in [0.2, 0.25) is 0 Å². The minimum Gasteiger partial charge on any atom is -0.366 e. The molecule has 2 aliphatic heterocycles. The zero-order valence-corrected chi connectivity index (χ0v) is 19.1. The Bertz CT molecular complexity index is 327. The minimum absolute atomic E-state index is 0. The zero-order valence-electron chi connectivity index (χ0n) is 16.3. The molecule has 0 atom stereocenters. The van der Waals surface area contributed by atoms with Gasteiger partial charge in [-0.3, -0.25) is 0 Å². The number of hydrogen-bond donors (Lipinski definition) is 2. The molecule has 0 spiro atoms. The van der Waals surface area contributed by atoms with Crippen LogP contribution in [0.3, 0.4) is 0 Å². The molecule has 2 N–H and O–H groups in total. The van der Waals surface area contributed by atoms with Gasteiger partial charge in [-0.1, -0.05) is 25.0 Å². The Morgan fingerprint density at radius 3 is 1.43 bits per heavy atom. The van der Waals surface area contributed by atoms with Gasteiger partial charge in [-0.05, 0) is 54.4 Å². The molecule has 1 aliphatic carbocycles. The molecule has 2 bridgehead atoms. The van der Waals surface area contributed by atoms with Crippen LogP contribution in [-0.2, 0) is 42.2 Å². The summed E-state index contributed by atoms with van der Waals surface area (Å²) in [4.78, 5) is 0. The second kappa shape index (κ2) is 11.3. The Morgan fingerprint density at radius 2 is 1.30 bits per heavy atom. The first-order valence-corrected chi connectivity index (χ1v) is 8.33. The zero-order chi connectivity index (χ0) is 17.6. The van der Waals surface area contributed by atoms with Gasteiger partial charge in [0.25, 0.3) is 0 Å². The maximum absolute atomic E-state index is 8.38. The number of aliphatic hydroxyl groups is 2. The van der Waals surface area contributed by atoms with E-state index in [9.17, 15) is 0 Å². The number of hydrogen-bond acceptors (Lipinski definition) is 4. The summed E-state index contributed by atoms with van der Waals surface area (Å²) >= 11 is 0. The third-order valence-corrected chi connectivity index (χ3v) is 4.20. The van der Waals surface area contributed by atoms with Crippen molar-refractivity contribution in [3.8, 4) is 0 Å². The van der Waals surface area contributed by atoms with Gasteiger partial charge in [-0.25, -0.2) is 0 Å². The van der Waals surface area contributed by atoms with Crippen LogP contribution in [0, 0.1) is 0 Å². The van der Waals surface area contributed by atoms with Crippen LogP contribution in [-0.4, -0.2) is 34.0 Å². The normalized spacial score (nSPS) is 27.9. The first kappa shape index (κ1) is 25.9. The molecule has 3 fully saturated rings. The van der Waals surface area contributed by atoms with E-state index in [0.717, 1.165) is 19.3 Å². The van der Waals surface area contributed by atoms with Gasteiger partial charge in [0, 0.05) is 45.6 Å². The van der Waals surface area contributed by atoms with Gasteiger partial charge in [-0.15, -0.1) is 0 Å². The number of ether oxygens (including phenoxy) is 2. The summed E-state index contributed by atoms with van der Waals surface area (Å²) < 4.78 is 11.3. The number of fused-ring (bicyclic) bond motifs is 2. The first-order chi connectivity index (χ1) is 9.92. The van der Waals surface area contributed by atoms with Crippen LogP contribution >= 0.6 is 0 Å². The molecule has 0 aromatic carbocycles. The van der Waals surface area contributed by atoms with E-state index in [4.69, 9.17) is 19.7 Å². The van der Waals surface area contributed by atoms with Gasteiger partial charge in [-0.2, -0.15) is 0 Å². The molecular weight excluding hydrogens is 369 g/mol. The summed E-state index contributed by atoms with van der Waals surface area (Å²) in [7, 11) is 0. The van der Waals surface area contributed by atoms with E-state index in [1.807, 2.05) is 6.92 Å². The summed E-state index contributed by atoms with van der Waals surface area (Å²) in [5.74, 6) is -1.72. The summed E-state index contributed by atoms with van der Waals surface area (Å²) in [6, 6.07) is 0. The largest absolute Gasteiger partial charge is 0.366 e. The second-order valence-corrected chi connectivity index (χ2v) is 7.01. The fraction of sp³-hybridized carbons (Fsp3) is 0.889. The van der Waals surface area contributed by atoms with Crippen molar-refractivity contribution in [3.63, 3.8) is 0 Å². The molecule has 2 saturated heterocycles. The van der Waals surface area contributed by atoms with Crippen LogP contribution in [0.25, 0.3) is 0 Å². The van der Waals surface area contributed by atoms with Crippen LogP contribution in [0.2, 0.25) is 0 Å². The van der Waals surface area contributed by atoms with Gasteiger partial charge in [0.1, 0.15) is 0 Å². The molecule has 23 heavy (non-hydrogen) atoms. The van der Waals surface area contributed by atoms with Crippen molar-refractivity contribution in [2.75, 3.05) is 0 Å². The Hall–Kier alpha value is 0.684. The molecule has 0 unspecified atom stereocenters. The molecule has 1 saturated carbocycles. The number of allylic oxidation sites excluding steroid dienone is 2. The predicted molar refractivity (Wildman–Crippen MR) is 90.5 cm³/mol. The molecule has 0 amide bonds. The van der Waals surface area contributed by atoms with Crippen LogP contribution in [0.4, 0.5) is 0 Å². The van der Waals surface area contributed by atoms with Crippen molar-refractivity contribution in [3.05, 3.63) is 11.1 Å².